The van der Waals surface area contributed by atoms with E-state index in [0.717, 1.165) is 0 Å². The van der Waals surface area contributed by atoms with Gasteiger partial charge in [-0.3, -0.25) is 24.6 Å². The number of ether oxygens (including phenoxy) is 1. The van der Waals surface area contributed by atoms with Crippen molar-refractivity contribution >= 4 is 34.0 Å². The smallest absolute Gasteiger partial charge is 0.310 e. The first kappa shape index (κ1) is 18.5. The molecule has 0 spiro atoms. The molecular weight excluding hydrogens is 346 g/mol. The normalized spacial score (nSPS) is 10.3. The number of amides is 1. The Hall–Kier alpha value is -2.81. The van der Waals surface area contributed by atoms with Crippen molar-refractivity contribution in [2.24, 2.45) is 0 Å². The summed E-state index contributed by atoms with van der Waals surface area (Å²) < 4.78 is 5.13. The summed E-state index contributed by atoms with van der Waals surface area (Å²) in [4.78, 5) is 39.6. The first-order valence-electron chi connectivity index (χ1n) is 7.52. The summed E-state index contributed by atoms with van der Waals surface area (Å²) in [5.74, 6) is -0.695. The molecule has 0 saturated heterocycles. The van der Waals surface area contributed by atoms with Crippen molar-refractivity contribution in [3.05, 3.63) is 51.0 Å². The Balaban J connectivity index is 1.96. The maximum absolute atomic E-state index is 11.9. The molecule has 1 heterocycles. The van der Waals surface area contributed by atoms with Crippen LogP contribution in [0.5, 0.6) is 0 Å². The van der Waals surface area contributed by atoms with Crippen LogP contribution in [0, 0.1) is 10.1 Å². The Morgan fingerprint density at radius 3 is 2.72 bits per heavy atom. The minimum absolute atomic E-state index is 0.0502. The number of nitro benzene ring substituents is 1. The second-order valence-corrected chi connectivity index (χ2v) is 5.94. The van der Waals surface area contributed by atoms with Gasteiger partial charge in [0.1, 0.15) is 6.61 Å². The average Bonchev–Trinajstić information content (AvgIpc) is 3.02. The zero-order chi connectivity index (χ0) is 18.4. The number of anilines is 1. The highest BCUT2D eigenvalue weighted by atomic mass is 32.1. The number of thiazole rings is 1. The van der Waals surface area contributed by atoms with Crippen LogP contribution in [0.4, 0.5) is 10.8 Å². The van der Waals surface area contributed by atoms with Crippen LogP contribution in [0.25, 0.3) is 0 Å². The molecule has 0 atom stereocenters. The van der Waals surface area contributed by atoms with Gasteiger partial charge in [-0.05, 0) is 6.92 Å². The number of benzene rings is 1. The molecule has 0 fully saturated rings. The summed E-state index contributed by atoms with van der Waals surface area (Å²) >= 11 is 1.29. The topological polar surface area (TPSA) is 103 Å². The Morgan fingerprint density at radius 2 is 2.08 bits per heavy atom. The van der Waals surface area contributed by atoms with E-state index in [1.807, 2.05) is 6.92 Å². The molecule has 2 rings (SSSR count). The molecule has 0 aliphatic rings. The number of esters is 1. The maximum Gasteiger partial charge on any atom is 0.310 e. The molecule has 2 aromatic rings. The Bertz CT molecular complexity index is 790. The van der Waals surface area contributed by atoms with Crippen LogP contribution in [-0.4, -0.2) is 28.3 Å². The SMILES string of the molecule is CCN(C(C)=O)c1nc(COC(=O)Cc2ccccc2[N+](=O)[O-])cs1. The first-order chi connectivity index (χ1) is 11.9. The van der Waals surface area contributed by atoms with Gasteiger partial charge in [0.15, 0.2) is 5.13 Å². The number of nitro groups is 1. The highest BCUT2D eigenvalue weighted by molar-refractivity contribution is 7.14. The van der Waals surface area contributed by atoms with Crippen molar-refractivity contribution < 1.29 is 19.2 Å². The van der Waals surface area contributed by atoms with Gasteiger partial charge in [-0.15, -0.1) is 11.3 Å². The molecule has 0 aliphatic carbocycles. The van der Waals surface area contributed by atoms with E-state index in [0.29, 0.717) is 22.9 Å². The zero-order valence-corrected chi connectivity index (χ0v) is 14.6. The minimum atomic E-state index is -0.581. The van der Waals surface area contributed by atoms with Crippen LogP contribution < -0.4 is 4.90 Å². The van der Waals surface area contributed by atoms with E-state index in [1.54, 1.807) is 11.4 Å². The molecule has 0 radical (unpaired) electrons. The van der Waals surface area contributed by atoms with E-state index in [-0.39, 0.29) is 24.6 Å². The van der Waals surface area contributed by atoms with E-state index in [2.05, 4.69) is 4.98 Å². The Labute approximate surface area is 148 Å². The lowest BCUT2D eigenvalue weighted by molar-refractivity contribution is -0.385. The fourth-order valence-electron chi connectivity index (χ4n) is 2.18. The molecule has 132 valence electrons. The highest BCUT2D eigenvalue weighted by Gasteiger charge is 2.17. The van der Waals surface area contributed by atoms with Gasteiger partial charge in [0.2, 0.25) is 5.91 Å². The molecule has 25 heavy (non-hydrogen) atoms. The van der Waals surface area contributed by atoms with Gasteiger partial charge in [-0.25, -0.2) is 4.98 Å². The lowest BCUT2D eigenvalue weighted by Crippen LogP contribution is -2.27. The lowest BCUT2D eigenvalue weighted by atomic mass is 10.1. The summed E-state index contributed by atoms with van der Waals surface area (Å²) in [7, 11) is 0. The maximum atomic E-state index is 11.9. The van der Waals surface area contributed by atoms with Gasteiger partial charge in [-0.2, -0.15) is 0 Å². The molecule has 0 saturated carbocycles. The van der Waals surface area contributed by atoms with Gasteiger partial charge >= 0.3 is 5.97 Å². The van der Waals surface area contributed by atoms with E-state index in [1.165, 1.54) is 41.4 Å². The minimum Gasteiger partial charge on any atom is -0.459 e. The number of hydrogen-bond acceptors (Lipinski definition) is 7. The predicted octanol–water partition coefficient (Wildman–Crippen LogP) is 2.71. The molecular formula is C16H17N3O5S. The third kappa shape index (κ3) is 4.83. The summed E-state index contributed by atoms with van der Waals surface area (Å²) in [5.41, 5.74) is 0.705. The quantitative estimate of drug-likeness (QED) is 0.426. The fraction of sp³-hybridized carbons (Fsp3) is 0.312. The number of nitrogens with zero attached hydrogens (tertiary/aromatic N) is 3. The van der Waals surface area contributed by atoms with Crippen molar-refractivity contribution in [2.45, 2.75) is 26.9 Å². The van der Waals surface area contributed by atoms with Gasteiger partial charge in [-0.1, -0.05) is 18.2 Å². The summed E-state index contributed by atoms with van der Waals surface area (Å²) in [6.07, 6.45) is -0.192. The molecule has 1 aromatic carbocycles. The van der Waals surface area contributed by atoms with Crippen LogP contribution in [0.15, 0.2) is 29.6 Å². The number of para-hydroxylation sites is 1. The standard InChI is InChI=1S/C16H17N3O5S/c1-3-18(11(2)20)16-17-13(10-25-16)9-24-15(21)8-12-6-4-5-7-14(12)19(22)23/h4-7,10H,3,8-9H2,1-2H3. The van der Waals surface area contributed by atoms with Gasteiger partial charge in [0.05, 0.1) is 17.0 Å². The van der Waals surface area contributed by atoms with Crippen LogP contribution in [0.1, 0.15) is 25.1 Å². The molecule has 0 aliphatic heterocycles. The fourth-order valence-corrected chi connectivity index (χ4v) is 3.10. The third-order valence-electron chi connectivity index (χ3n) is 3.37. The molecule has 9 heteroatoms. The van der Waals surface area contributed by atoms with Crippen molar-refractivity contribution in [3.63, 3.8) is 0 Å². The van der Waals surface area contributed by atoms with Gasteiger partial charge in [0, 0.05) is 30.5 Å². The Kier molecular flexibility index (Phi) is 6.18. The largest absolute Gasteiger partial charge is 0.459 e. The van der Waals surface area contributed by atoms with Crippen LogP contribution in [-0.2, 0) is 27.4 Å². The molecule has 0 N–H and O–H groups in total. The van der Waals surface area contributed by atoms with Crippen LogP contribution in [0.3, 0.4) is 0 Å². The van der Waals surface area contributed by atoms with E-state index < -0.39 is 10.9 Å². The molecule has 1 amide bonds. The lowest BCUT2D eigenvalue weighted by Gasteiger charge is -2.14. The number of carbonyl (C=O) groups excluding carboxylic acids is 2. The van der Waals surface area contributed by atoms with Crippen LogP contribution >= 0.6 is 11.3 Å². The monoisotopic (exact) mass is 363 g/mol. The highest BCUT2D eigenvalue weighted by Crippen LogP contribution is 2.22. The van der Waals surface area contributed by atoms with E-state index in [9.17, 15) is 19.7 Å². The number of carbonyl (C=O) groups is 2. The summed E-state index contributed by atoms with van der Waals surface area (Å²) in [5, 5.41) is 13.2. The van der Waals surface area contributed by atoms with Gasteiger partial charge < -0.3 is 4.74 Å². The number of hydrogen-bond donors (Lipinski definition) is 0. The van der Waals surface area contributed by atoms with E-state index >= 15 is 0 Å². The van der Waals surface area contributed by atoms with Crippen molar-refractivity contribution in [1.82, 2.24) is 4.98 Å². The predicted molar refractivity (Wildman–Crippen MR) is 92.4 cm³/mol. The van der Waals surface area contributed by atoms with E-state index in [4.69, 9.17) is 4.74 Å². The third-order valence-corrected chi connectivity index (χ3v) is 4.28. The summed E-state index contributed by atoms with van der Waals surface area (Å²) in [6.45, 7) is 3.75. The molecule has 0 bridgehead atoms. The average molecular weight is 363 g/mol. The first-order valence-corrected chi connectivity index (χ1v) is 8.40. The Morgan fingerprint density at radius 1 is 1.36 bits per heavy atom. The summed E-state index contributed by atoms with van der Waals surface area (Å²) in [6, 6.07) is 6.03. The van der Waals surface area contributed by atoms with Crippen LogP contribution in [0.2, 0.25) is 0 Å². The zero-order valence-electron chi connectivity index (χ0n) is 13.8. The van der Waals surface area contributed by atoms with Crippen molar-refractivity contribution in [2.75, 3.05) is 11.4 Å². The van der Waals surface area contributed by atoms with Crippen molar-refractivity contribution in [1.29, 1.82) is 0 Å². The van der Waals surface area contributed by atoms with Crippen molar-refractivity contribution in [3.8, 4) is 0 Å². The number of aromatic nitrogens is 1. The second-order valence-electron chi connectivity index (χ2n) is 5.11. The number of rotatable bonds is 7. The molecule has 8 nitrogen and oxygen atoms in total. The van der Waals surface area contributed by atoms with Gasteiger partial charge in [0.25, 0.3) is 5.69 Å². The molecule has 0 unspecified atom stereocenters. The molecule has 1 aromatic heterocycles. The second kappa shape index (κ2) is 8.34.